The first-order chi connectivity index (χ1) is 14.2. The van der Waals surface area contributed by atoms with Gasteiger partial charge >= 0.3 is 0 Å². The Kier molecular flexibility index (Phi) is 6.27. The minimum atomic E-state index is -0.243. The lowest BCUT2D eigenvalue weighted by Crippen LogP contribution is -2.48. The largest absolute Gasteiger partial charge is 0.300 e. The van der Waals surface area contributed by atoms with E-state index in [0.717, 1.165) is 50.3 Å². The maximum absolute atomic E-state index is 13.4. The summed E-state index contributed by atoms with van der Waals surface area (Å²) in [5.41, 5.74) is 3.37. The van der Waals surface area contributed by atoms with Crippen LogP contribution in [-0.2, 0) is 6.42 Å². The highest BCUT2D eigenvalue weighted by Gasteiger charge is 2.26. The second kappa shape index (κ2) is 9.25. The Hall–Kier alpha value is -2.63. The van der Waals surface area contributed by atoms with Crippen molar-refractivity contribution in [2.75, 3.05) is 32.7 Å². The van der Waals surface area contributed by atoms with Crippen LogP contribution in [0.4, 0.5) is 8.78 Å². The van der Waals surface area contributed by atoms with Crippen LogP contribution in [-0.4, -0.2) is 47.5 Å². The van der Waals surface area contributed by atoms with Gasteiger partial charge in [0.1, 0.15) is 11.6 Å². The van der Waals surface area contributed by atoms with Gasteiger partial charge in [-0.3, -0.25) is 9.88 Å². The molecule has 2 heterocycles. The normalized spacial score (nSPS) is 15.7. The molecule has 0 spiro atoms. The summed E-state index contributed by atoms with van der Waals surface area (Å²) >= 11 is 0. The van der Waals surface area contributed by atoms with Gasteiger partial charge in [-0.1, -0.05) is 24.3 Å². The third kappa shape index (κ3) is 5.05. The highest BCUT2D eigenvalue weighted by atomic mass is 19.1. The van der Waals surface area contributed by atoms with Crippen LogP contribution >= 0.6 is 0 Å². The van der Waals surface area contributed by atoms with Crippen molar-refractivity contribution in [3.05, 3.63) is 101 Å². The summed E-state index contributed by atoms with van der Waals surface area (Å²) in [6.07, 6.45) is 4.69. The SMILES string of the molecule is Fc1ccc(C(c2ccc(F)cc2)N2CCN(CCc3ccncc3)CC2)cc1. The molecule has 0 aliphatic carbocycles. The molecule has 1 aromatic heterocycles. The van der Waals surface area contributed by atoms with Gasteiger partial charge in [0.05, 0.1) is 6.04 Å². The Morgan fingerprint density at radius 3 is 1.76 bits per heavy atom. The van der Waals surface area contributed by atoms with Gasteiger partial charge in [0.15, 0.2) is 0 Å². The summed E-state index contributed by atoms with van der Waals surface area (Å²) < 4.78 is 26.9. The van der Waals surface area contributed by atoms with Crippen LogP contribution in [0.1, 0.15) is 22.7 Å². The molecule has 0 bridgehead atoms. The van der Waals surface area contributed by atoms with Gasteiger partial charge in [-0.2, -0.15) is 0 Å². The van der Waals surface area contributed by atoms with E-state index in [-0.39, 0.29) is 17.7 Å². The van der Waals surface area contributed by atoms with Crippen molar-refractivity contribution in [1.29, 1.82) is 0 Å². The zero-order valence-electron chi connectivity index (χ0n) is 16.3. The average molecular weight is 393 g/mol. The number of pyridine rings is 1. The van der Waals surface area contributed by atoms with Crippen molar-refractivity contribution in [2.24, 2.45) is 0 Å². The van der Waals surface area contributed by atoms with E-state index in [9.17, 15) is 8.78 Å². The molecule has 0 N–H and O–H groups in total. The molecule has 1 aliphatic rings. The highest BCUT2D eigenvalue weighted by molar-refractivity contribution is 5.32. The predicted molar refractivity (Wildman–Crippen MR) is 111 cm³/mol. The van der Waals surface area contributed by atoms with Gasteiger partial charge in [-0.25, -0.2) is 8.78 Å². The fourth-order valence-electron chi connectivity index (χ4n) is 3.99. The number of aromatic nitrogens is 1. The zero-order valence-corrected chi connectivity index (χ0v) is 16.3. The Bertz CT molecular complexity index is 844. The molecule has 1 saturated heterocycles. The fraction of sp³-hybridized carbons (Fsp3) is 0.292. The number of halogens is 2. The van der Waals surface area contributed by atoms with E-state index in [4.69, 9.17) is 0 Å². The van der Waals surface area contributed by atoms with Gasteiger partial charge < -0.3 is 4.90 Å². The first-order valence-electron chi connectivity index (χ1n) is 10.1. The Balaban J connectivity index is 1.45. The fourth-order valence-corrected chi connectivity index (χ4v) is 3.99. The van der Waals surface area contributed by atoms with E-state index in [0.29, 0.717) is 0 Å². The quantitative estimate of drug-likeness (QED) is 0.622. The van der Waals surface area contributed by atoms with Crippen LogP contribution in [0.2, 0.25) is 0 Å². The van der Waals surface area contributed by atoms with Crippen molar-refractivity contribution in [3.8, 4) is 0 Å². The maximum atomic E-state index is 13.4. The molecule has 1 aliphatic heterocycles. The third-order valence-electron chi connectivity index (χ3n) is 5.61. The summed E-state index contributed by atoms with van der Waals surface area (Å²) in [6.45, 7) is 4.80. The van der Waals surface area contributed by atoms with Gasteiger partial charge in [-0.15, -0.1) is 0 Å². The van der Waals surface area contributed by atoms with Crippen LogP contribution in [0.3, 0.4) is 0 Å². The van der Waals surface area contributed by atoms with E-state index >= 15 is 0 Å². The van der Waals surface area contributed by atoms with E-state index in [1.54, 1.807) is 0 Å². The zero-order chi connectivity index (χ0) is 20.1. The van der Waals surface area contributed by atoms with Crippen molar-refractivity contribution < 1.29 is 8.78 Å². The van der Waals surface area contributed by atoms with E-state index in [1.807, 2.05) is 36.7 Å². The highest BCUT2D eigenvalue weighted by Crippen LogP contribution is 2.30. The maximum Gasteiger partial charge on any atom is 0.123 e. The Morgan fingerprint density at radius 2 is 1.24 bits per heavy atom. The molecule has 150 valence electrons. The summed E-state index contributed by atoms with van der Waals surface area (Å²) in [7, 11) is 0. The van der Waals surface area contributed by atoms with Gasteiger partial charge in [0.2, 0.25) is 0 Å². The molecule has 4 rings (SSSR count). The molecule has 0 saturated carbocycles. The lowest BCUT2D eigenvalue weighted by atomic mass is 9.96. The lowest BCUT2D eigenvalue weighted by Gasteiger charge is -2.40. The number of nitrogens with zero attached hydrogens (tertiary/aromatic N) is 3. The van der Waals surface area contributed by atoms with Crippen LogP contribution in [0.15, 0.2) is 73.1 Å². The lowest BCUT2D eigenvalue weighted by molar-refractivity contribution is 0.110. The van der Waals surface area contributed by atoms with Gasteiger partial charge in [0, 0.05) is 45.1 Å². The molecule has 3 aromatic rings. The number of rotatable bonds is 6. The molecule has 1 fully saturated rings. The second-order valence-corrected chi connectivity index (χ2v) is 7.49. The summed E-state index contributed by atoms with van der Waals surface area (Å²) in [4.78, 5) is 8.95. The number of hydrogen-bond donors (Lipinski definition) is 0. The predicted octanol–water partition coefficient (Wildman–Crippen LogP) is 4.31. The van der Waals surface area contributed by atoms with E-state index in [2.05, 4.69) is 26.9 Å². The third-order valence-corrected chi connectivity index (χ3v) is 5.61. The molecular weight excluding hydrogens is 368 g/mol. The topological polar surface area (TPSA) is 19.4 Å². The van der Waals surface area contributed by atoms with E-state index in [1.165, 1.54) is 29.8 Å². The Morgan fingerprint density at radius 1 is 0.724 bits per heavy atom. The molecule has 0 radical (unpaired) electrons. The van der Waals surface area contributed by atoms with Crippen LogP contribution in [0.5, 0.6) is 0 Å². The molecular formula is C24H25F2N3. The van der Waals surface area contributed by atoms with E-state index < -0.39 is 0 Å². The van der Waals surface area contributed by atoms with Gasteiger partial charge in [0.25, 0.3) is 0 Å². The second-order valence-electron chi connectivity index (χ2n) is 7.49. The van der Waals surface area contributed by atoms with Crippen LogP contribution in [0, 0.1) is 11.6 Å². The number of benzene rings is 2. The first kappa shape index (κ1) is 19.7. The number of hydrogen-bond acceptors (Lipinski definition) is 3. The molecule has 5 heteroatoms. The van der Waals surface area contributed by atoms with Gasteiger partial charge in [-0.05, 0) is 59.5 Å². The van der Waals surface area contributed by atoms with Crippen LogP contribution < -0.4 is 0 Å². The van der Waals surface area contributed by atoms with Crippen molar-refractivity contribution in [3.63, 3.8) is 0 Å². The number of piperazine rings is 1. The first-order valence-corrected chi connectivity index (χ1v) is 10.1. The van der Waals surface area contributed by atoms with Crippen molar-refractivity contribution in [1.82, 2.24) is 14.8 Å². The molecule has 0 unspecified atom stereocenters. The molecule has 0 amide bonds. The summed E-state index contributed by atoms with van der Waals surface area (Å²) in [5.74, 6) is -0.486. The Labute approximate surface area is 170 Å². The minimum Gasteiger partial charge on any atom is -0.300 e. The summed E-state index contributed by atoms with van der Waals surface area (Å²) in [6, 6.07) is 17.4. The monoisotopic (exact) mass is 393 g/mol. The van der Waals surface area contributed by atoms with Crippen molar-refractivity contribution in [2.45, 2.75) is 12.5 Å². The smallest absolute Gasteiger partial charge is 0.123 e. The molecule has 0 atom stereocenters. The summed E-state index contributed by atoms with van der Waals surface area (Å²) in [5, 5.41) is 0. The molecule has 2 aromatic carbocycles. The molecule has 3 nitrogen and oxygen atoms in total. The average Bonchev–Trinajstić information content (AvgIpc) is 2.77. The molecule has 29 heavy (non-hydrogen) atoms. The standard InChI is InChI=1S/C24H25F2N3/c25-22-5-1-20(2-6-22)24(21-3-7-23(26)8-4-21)29-17-15-28(16-18-29)14-11-19-9-12-27-13-10-19/h1-10,12-13,24H,11,14-18H2. The van der Waals surface area contributed by atoms with Crippen LogP contribution in [0.25, 0.3) is 0 Å². The minimum absolute atomic E-state index is 0.00134. The van der Waals surface area contributed by atoms with Crippen molar-refractivity contribution >= 4 is 0 Å².